The van der Waals surface area contributed by atoms with Gasteiger partial charge in [0.1, 0.15) is 0 Å². The Kier molecular flexibility index (Phi) is 9.80. The third kappa shape index (κ3) is 6.16. The summed E-state index contributed by atoms with van der Waals surface area (Å²) in [5.41, 5.74) is 12.9. The summed E-state index contributed by atoms with van der Waals surface area (Å²) in [7, 11) is 1.92. The number of carbonyl (C=O) groups excluding carboxylic acids is 2. The molecule has 0 saturated carbocycles. The first kappa shape index (κ1) is 30.6. The molecule has 41 heavy (non-hydrogen) atoms. The van der Waals surface area contributed by atoms with Crippen LogP contribution in [0.2, 0.25) is 0 Å². The lowest BCUT2D eigenvalue weighted by molar-refractivity contribution is -0.122. The van der Waals surface area contributed by atoms with Gasteiger partial charge in [0.05, 0.1) is 5.69 Å². The summed E-state index contributed by atoms with van der Waals surface area (Å²) >= 11 is 6.52. The number of hydrogen-bond acceptors (Lipinski definition) is 3. The van der Waals surface area contributed by atoms with Crippen LogP contribution < -0.4 is 16.0 Å². The number of nitrogens with one attached hydrogen (secondary N) is 1. The Labute approximate surface area is 250 Å². The number of carbonyl (C=O) groups is 2. The quantitative estimate of drug-likeness (QED) is 0.182. The normalized spacial score (nSPS) is 17.3. The molecular formula is C35H44ClN3O2. The van der Waals surface area contributed by atoms with Gasteiger partial charge in [0.15, 0.2) is 0 Å². The summed E-state index contributed by atoms with van der Waals surface area (Å²) in [6, 6.07) is 16.7. The molecule has 0 aliphatic carbocycles. The van der Waals surface area contributed by atoms with E-state index >= 15 is 0 Å². The molecule has 6 heteroatoms. The fourth-order valence-corrected chi connectivity index (χ4v) is 6.28. The van der Waals surface area contributed by atoms with Crippen LogP contribution >= 0.6 is 11.6 Å². The van der Waals surface area contributed by atoms with Crippen molar-refractivity contribution >= 4 is 51.6 Å². The number of nitrogens with two attached hydrogens (primary N) is 1. The van der Waals surface area contributed by atoms with Crippen LogP contribution in [0.1, 0.15) is 68.7 Å². The van der Waals surface area contributed by atoms with E-state index in [0.29, 0.717) is 12.4 Å². The van der Waals surface area contributed by atoms with Crippen LogP contribution in [0.3, 0.4) is 0 Å². The minimum Gasteiger partial charge on any atom is -0.388 e. The second-order valence-corrected chi connectivity index (χ2v) is 12.0. The van der Waals surface area contributed by atoms with Crippen LogP contribution in [0.15, 0.2) is 54.1 Å². The molecule has 1 heterocycles. The smallest absolute Gasteiger partial charge is 0.254 e. The Hall–Kier alpha value is -3.31. The van der Waals surface area contributed by atoms with Gasteiger partial charge in [-0.3, -0.25) is 9.59 Å². The molecule has 3 aromatic carbocycles. The predicted octanol–water partition coefficient (Wildman–Crippen LogP) is 7.68. The minimum absolute atomic E-state index is 0.0359. The molecule has 0 radical (unpaired) electrons. The Morgan fingerprint density at radius 2 is 1.83 bits per heavy atom. The lowest BCUT2D eigenvalue weighted by Crippen LogP contribution is -2.33. The van der Waals surface area contributed by atoms with Gasteiger partial charge in [0.2, 0.25) is 5.91 Å². The molecule has 218 valence electrons. The monoisotopic (exact) mass is 573 g/mol. The fraction of sp³-hybridized carbons (Fsp3) is 0.429. The fourth-order valence-electron chi connectivity index (χ4n) is 6.03. The Morgan fingerprint density at radius 1 is 1.12 bits per heavy atom. The second kappa shape index (κ2) is 13.1. The van der Waals surface area contributed by atoms with Crippen LogP contribution in [0.4, 0.5) is 11.4 Å². The summed E-state index contributed by atoms with van der Waals surface area (Å²) in [5, 5.41) is 5.61. The molecule has 5 nitrogen and oxygen atoms in total. The molecule has 0 aromatic heterocycles. The highest BCUT2D eigenvalue weighted by molar-refractivity contribution is 6.19. The van der Waals surface area contributed by atoms with E-state index < -0.39 is 0 Å². The number of rotatable bonds is 11. The number of fused-ring (bicyclic) bond motifs is 3. The van der Waals surface area contributed by atoms with Crippen molar-refractivity contribution < 1.29 is 9.59 Å². The van der Waals surface area contributed by atoms with Crippen molar-refractivity contribution in [3.8, 4) is 0 Å². The number of alkyl halides is 1. The molecule has 3 N–H and O–H groups in total. The summed E-state index contributed by atoms with van der Waals surface area (Å²) in [5.74, 6) is 0.353. The number of halogens is 1. The van der Waals surface area contributed by atoms with Crippen LogP contribution in [0.5, 0.6) is 0 Å². The average molecular weight is 574 g/mol. The maximum atomic E-state index is 14.5. The molecule has 4 atom stereocenters. The Morgan fingerprint density at radius 3 is 2.46 bits per heavy atom. The van der Waals surface area contributed by atoms with E-state index in [4.69, 9.17) is 17.3 Å². The number of benzene rings is 3. The van der Waals surface area contributed by atoms with Crippen molar-refractivity contribution in [2.45, 2.75) is 59.8 Å². The molecule has 4 rings (SSSR count). The zero-order chi connectivity index (χ0) is 29.8. The van der Waals surface area contributed by atoms with Crippen LogP contribution in [0.25, 0.3) is 16.8 Å². The number of anilines is 2. The molecule has 1 aliphatic rings. The molecule has 4 unspecified atom stereocenters. The maximum absolute atomic E-state index is 14.5. The van der Waals surface area contributed by atoms with E-state index in [1.807, 2.05) is 31.0 Å². The molecule has 0 bridgehead atoms. The third-order valence-corrected chi connectivity index (χ3v) is 9.54. The van der Waals surface area contributed by atoms with Gasteiger partial charge in [0, 0.05) is 48.0 Å². The van der Waals surface area contributed by atoms with Gasteiger partial charge in [0.25, 0.3) is 5.91 Å². The van der Waals surface area contributed by atoms with Crippen LogP contribution in [-0.4, -0.2) is 31.3 Å². The lowest BCUT2D eigenvalue weighted by Gasteiger charge is -2.24. The predicted molar refractivity (Wildman–Crippen MR) is 174 cm³/mol. The van der Waals surface area contributed by atoms with E-state index in [2.05, 4.69) is 75.5 Å². The highest BCUT2D eigenvalue weighted by Gasteiger charge is 2.36. The first-order valence-corrected chi connectivity index (χ1v) is 15.4. The molecule has 0 saturated heterocycles. The van der Waals surface area contributed by atoms with Gasteiger partial charge in [-0.2, -0.15) is 0 Å². The number of primary amides is 1. The summed E-state index contributed by atoms with van der Waals surface area (Å²) in [4.78, 5) is 28.2. The zero-order valence-corrected chi connectivity index (χ0v) is 26.0. The largest absolute Gasteiger partial charge is 0.388 e. The van der Waals surface area contributed by atoms with E-state index in [0.717, 1.165) is 58.1 Å². The van der Waals surface area contributed by atoms with Crippen molar-refractivity contribution in [2.75, 3.05) is 29.7 Å². The van der Waals surface area contributed by atoms with Gasteiger partial charge in [-0.05, 0) is 77.8 Å². The van der Waals surface area contributed by atoms with Crippen molar-refractivity contribution in [3.63, 3.8) is 0 Å². The molecule has 0 spiro atoms. The zero-order valence-electron chi connectivity index (χ0n) is 25.3. The van der Waals surface area contributed by atoms with Crippen molar-refractivity contribution in [2.24, 2.45) is 23.5 Å². The highest BCUT2D eigenvalue weighted by atomic mass is 35.5. The second-order valence-electron chi connectivity index (χ2n) is 11.7. The first-order chi connectivity index (χ1) is 19.6. The standard InChI is InChI=1S/C35H44ClN3O2/c1-7-21(2)30(17-25-12-10-11-23(4)27(25)16-15-22(3)24(5)34(37)40)35(41)39-20-26(19-36)33-29-14-9-8-13-28(29)31(38-6)18-32(33)39/h8-14,17-18,21-22,24,26,38H,7,15-16,19-20H2,1-6H3,(H2,37,40). The van der Waals surface area contributed by atoms with Gasteiger partial charge in [-0.1, -0.05) is 70.2 Å². The minimum atomic E-state index is -0.262. The lowest BCUT2D eigenvalue weighted by atomic mass is 9.86. The highest BCUT2D eigenvalue weighted by Crippen LogP contribution is 2.45. The van der Waals surface area contributed by atoms with Crippen LogP contribution in [-0.2, 0) is 16.0 Å². The van der Waals surface area contributed by atoms with Crippen molar-refractivity contribution in [3.05, 3.63) is 76.4 Å². The van der Waals surface area contributed by atoms with Crippen molar-refractivity contribution in [1.29, 1.82) is 0 Å². The van der Waals surface area contributed by atoms with Gasteiger partial charge in [-0.15, -0.1) is 11.6 Å². The average Bonchev–Trinajstić information content (AvgIpc) is 3.36. The SMILES string of the molecule is CCC(C)C(=Cc1cccc(C)c1CCC(C)C(C)C(N)=O)C(=O)N1CC(CCl)c2c1cc(NC)c1ccccc21. The topological polar surface area (TPSA) is 75.4 Å². The summed E-state index contributed by atoms with van der Waals surface area (Å²) in [6.07, 6.45) is 4.62. The van der Waals surface area contributed by atoms with E-state index in [1.165, 1.54) is 11.1 Å². The number of hydrogen-bond donors (Lipinski definition) is 2. The maximum Gasteiger partial charge on any atom is 0.254 e. The number of amides is 2. The van der Waals surface area contributed by atoms with Crippen LogP contribution in [0, 0.1) is 24.7 Å². The van der Waals surface area contributed by atoms with Gasteiger partial charge < -0.3 is 16.0 Å². The van der Waals surface area contributed by atoms with E-state index in [1.54, 1.807) is 0 Å². The Bertz CT molecular complexity index is 1460. The summed E-state index contributed by atoms with van der Waals surface area (Å²) in [6.45, 7) is 10.9. The molecular weight excluding hydrogens is 530 g/mol. The van der Waals surface area contributed by atoms with E-state index in [-0.39, 0.29) is 35.5 Å². The number of aryl methyl sites for hydroxylation is 1. The van der Waals surface area contributed by atoms with Gasteiger partial charge in [-0.25, -0.2) is 0 Å². The first-order valence-electron chi connectivity index (χ1n) is 14.8. The van der Waals surface area contributed by atoms with Gasteiger partial charge >= 0.3 is 0 Å². The molecule has 1 aliphatic heterocycles. The number of nitrogens with zero attached hydrogens (tertiary/aromatic N) is 1. The third-order valence-electron chi connectivity index (χ3n) is 9.17. The molecule has 3 aromatic rings. The summed E-state index contributed by atoms with van der Waals surface area (Å²) < 4.78 is 0. The van der Waals surface area contributed by atoms with E-state index in [9.17, 15) is 9.59 Å². The Balaban J connectivity index is 1.77. The molecule has 2 amide bonds. The van der Waals surface area contributed by atoms with Crippen molar-refractivity contribution in [1.82, 2.24) is 0 Å². The molecule has 0 fully saturated rings.